The molecule has 0 unspecified atom stereocenters. The van der Waals surface area contributed by atoms with Gasteiger partial charge in [-0.1, -0.05) is 15.9 Å². The molecule has 4 heteroatoms. The number of hydrogen-bond donors (Lipinski definition) is 0. The van der Waals surface area contributed by atoms with E-state index in [0.717, 1.165) is 10.0 Å². The van der Waals surface area contributed by atoms with Crippen LogP contribution in [0.3, 0.4) is 0 Å². The zero-order chi connectivity index (χ0) is 13.8. The van der Waals surface area contributed by atoms with E-state index >= 15 is 0 Å². The summed E-state index contributed by atoms with van der Waals surface area (Å²) >= 11 is 3.36. The number of methoxy groups -OCH3 is 1. The average Bonchev–Trinajstić information content (AvgIpc) is 2.39. The number of hydrogen-bond acceptors (Lipinski definition) is 2. The van der Waals surface area contributed by atoms with E-state index < -0.39 is 0 Å². The van der Waals surface area contributed by atoms with Gasteiger partial charge >= 0.3 is 0 Å². The number of rotatable bonds is 4. The van der Waals surface area contributed by atoms with Crippen molar-refractivity contribution in [3.8, 4) is 5.75 Å². The molecule has 0 amide bonds. The highest BCUT2D eigenvalue weighted by Crippen LogP contribution is 2.24. The van der Waals surface area contributed by atoms with Crippen molar-refractivity contribution in [1.29, 1.82) is 0 Å². The van der Waals surface area contributed by atoms with Crippen LogP contribution in [0.25, 0.3) is 0 Å². The maximum absolute atomic E-state index is 12.8. The van der Waals surface area contributed by atoms with Crippen LogP contribution in [0.2, 0.25) is 0 Å². The predicted octanol–water partition coefficient (Wildman–Crippen LogP) is 4.02. The third-order valence-electron chi connectivity index (χ3n) is 2.76. The summed E-state index contributed by atoms with van der Waals surface area (Å²) < 4.78 is 18.9. The van der Waals surface area contributed by atoms with Crippen LogP contribution in [0.15, 0.2) is 46.9 Å². The summed E-state index contributed by atoms with van der Waals surface area (Å²) in [5.41, 5.74) is 1.29. The molecule has 0 saturated carbocycles. The molecule has 2 nitrogen and oxygen atoms in total. The van der Waals surface area contributed by atoms with Gasteiger partial charge in [0.25, 0.3) is 0 Å². The molecule has 0 aliphatic rings. The van der Waals surface area contributed by atoms with Crippen LogP contribution in [0.4, 0.5) is 4.39 Å². The Balaban J connectivity index is 2.23. The fourth-order valence-corrected chi connectivity index (χ4v) is 2.20. The Bertz CT molecular complexity index is 594. The second kappa shape index (κ2) is 5.97. The molecule has 0 bridgehead atoms. The highest BCUT2D eigenvalue weighted by Gasteiger charge is 2.11. The average molecular weight is 323 g/mol. The third kappa shape index (κ3) is 3.41. The summed E-state index contributed by atoms with van der Waals surface area (Å²) in [6, 6.07) is 11.0. The number of halogens is 2. The molecule has 0 spiro atoms. The van der Waals surface area contributed by atoms with E-state index in [1.807, 2.05) is 12.1 Å². The van der Waals surface area contributed by atoms with E-state index in [-0.39, 0.29) is 18.0 Å². The van der Waals surface area contributed by atoms with Crippen LogP contribution >= 0.6 is 15.9 Å². The van der Waals surface area contributed by atoms with E-state index in [1.54, 1.807) is 13.2 Å². The molecule has 0 saturated heterocycles. The minimum Gasteiger partial charge on any atom is -0.496 e. The van der Waals surface area contributed by atoms with Gasteiger partial charge in [-0.2, -0.15) is 0 Å². The first-order valence-corrected chi connectivity index (χ1v) is 6.50. The number of carbonyl (C=O) groups is 1. The summed E-state index contributed by atoms with van der Waals surface area (Å²) in [5.74, 6) is 0.242. The van der Waals surface area contributed by atoms with Crippen LogP contribution in [0.5, 0.6) is 5.75 Å². The fourth-order valence-electron chi connectivity index (χ4n) is 1.80. The Hall–Kier alpha value is -1.68. The predicted molar refractivity (Wildman–Crippen MR) is 75.1 cm³/mol. The second-order valence-corrected chi connectivity index (χ2v) is 4.98. The molecule has 19 heavy (non-hydrogen) atoms. The van der Waals surface area contributed by atoms with Gasteiger partial charge in [-0.3, -0.25) is 4.79 Å². The lowest BCUT2D eigenvalue weighted by molar-refractivity contribution is 0.0992. The molecule has 0 aliphatic heterocycles. The van der Waals surface area contributed by atoms with E-state index in [2.05, 4.69) is 15.9 Å². The molecule has 0 fully saturated rings. The second-order valence-electron chi connectivity index (χ2n) is 4.06. The summed E-state index contributed by atoms with van der Waals surface area (Å²) in [6.45, 7) is 0. The van der Waals surface area contributed by atoms with E-state index in [4.69, 9.17) is 4.74 Å². The monoisotopic (exact) mass is 322 g/mol. The summed E-state index contributed by atoms with van der Waals surface area (Å²) in [6.07, 6.45) is 0.217. The van der Waals surface area contributed by atoms with Crippen molar-refractivity contribution in [3.05, 3.63) is 63.9 Å². The Morgan fingerprint density at radius 3 is 2.53 bits per heavy atom. The fraction of sp³-hybridized carbons (Fsp3) is 0.133. The van der Waals surface area contributed by atoms with Crippen molar-refractivity contribution < 1.29 is 13.9 Å². The summed E-state index contributed by atoms with van der Waals surface area (Å²) in [4.78, 5) is 12.1. The smallest absolute Gasteiger partial charge is 0.167 e. The van der Waals surface area contributed by atoms with Crippen molar-refractivity contribution in [2.75, 3.05) is 7.11 Å². The summed E-state index contributed by atoms with van der Waals surface area (Å²) in [5, 5.41) is 0. The molecule has 0 atom stereocenters. The third-order valence-corrected chi connectivity index (χ3v) is 3.25. The first kappa shape index (κ1) is 13.7. The molecule has 2 aromatic carbocycles. The van der Waals surface area contributed by atoms with Crippen molar-refractivity contribution >= 4 is 21.7 Å². The highest BCUT2D eigenvalue weighted by atomic mass is 79.9. The van der Waals surface area contributed by atoms with Crippen molar-refractivity contribution in [2.45, 2.75) is 6.42 Å². The molecule has 0 radical (unpaired) electrons. The van der Waals surface area contributed by atoms with Gasteiger partial charge in [0.1, 0.15) is 11.6 Å². The van der Waals surface area contributed by atoms with Crippen LogP contribution in [0, 0.1) is 5.82 Å². The largest absolute Gasteiger partial charge is 0.496 e. The lowest BCUT2D eigenvalue weighted by Crippen LogP contribution is -2.05. The van der Waals surface area contributed by atoms with E-state index in [0.29, 0.717) is 11.3 Å². The highest BCUT2D eigenvalue weighted by molar-refractivity contribution is 9.10. The zero-order valence-corrected chi connectivity index (χ0v) is 11.9. The van der Waals surface area contributed by atoms with Crippen LogP contribution in [-0.2, 0) is 6.42 Å². The molecule has 0 aromatic heterocycles. The molecule has 2 aromatic rings. The maximum Gasteiger partial charge on any atom is 0.167 e. The standard InChI is InChI=1S/C15H12BrFO2/c1-19-15-7-4-12(16)8-11(15)9-14(18)10-2-5-13(17)6-3-10/h2-8H,9H2,1H3. The lowest BCUT2D eigenvalue weighted by atomic mass is 10.0. The molecule has 2 rings (SSSR count). The van der Waals surface area contributed by atoms with Gasteiger partial charge in [0.2, 0.25) is 0 Å². The van der Waals surface area contributed by atoms with Crippen molar-refractivity contribution in [2.24, 2.45) is 0 Å². The van der Waals surface area contributed by atoms with Crippen LogP contribution < -0.4 is 4.74 Å². The van der Waals surface area contributed by atoms with Gasteiger partial charge in [0.05, 0.1) is 7.11 Å². The maximum atomic E-state index is 12.8. The normalized spacial score (nSPS) is 10.3. The first-order valence-electron chi connectivity index (χ1n) is 5.71. The number of Topliss-reactive ketones (excluding diaryl/α,β-unsaturated/α-hetero) is 1. The zero-order valence-electron chi connectivity index (χ0n) is 10.3. The molecular formula is C15H12BrFO2. The Labute approximate surface area is 119 Å². The molecular weight excluding hydrogens is 311 g/mol. The van der Waals surface area contributed by atoms with Gasteiger partial charge < -0.3 is 4.74 Å². The van der Waals surface area contributed by atoms with Crippen LogP contribution in [0.1, 0.15) is 15.9 Å². The Kier molecular flexibility index (Phi) is 4.32. The number of ketones is 1. The molecule has 98 valence electrons. The van der Waals surface area contributed by atoms with Gasteiger partial charge in [-0.15, -0.1) is 0 Å². The molecule has 0 N–H and O–H groups in total. The van der Waals surface area contributed by atoms with E-state index in [1.165, 1.54) is 24.3 Å². The first-order chi connectivity index (χ1) is 9.10. The summed E-state index contributed by atoms with van der Waals surface area (Å²) in [7, 11) is 1.56. The van der Waals surface area contributed by atoms with E-state index in [9.17, 15) is 9.18 Å². The van der Waals surface area contributed by atoms with Crippen molar-refractivity contribution in [3.63, 3.8) is 0 Å². The van der Waals surface area contributed by atoms with Gasteiger partial charge in [0.15, 0.2) is 5.78 Å². The minimum atomic E-state index is -0.350. The van der Waals surface area contributed by atoms with Gasteiger partial charge in [0, 0.05) is 22.0 Å². The Morgan fingerprint density at radius 1 is 1.21 bits per heavy atom. The van der Waals surface area contributed by atoms with Crippen molar-refractivity contribution in [1.82, 2.24) is 0 Å². The lowest BCUT2D eigenvalue weighted by Gasteiger charge is -2.08. The molecule has 0 heterocycles. The van der Waals surface area contributed by atoms with Gasteiger partial charge in [-0.05, 0) is 42.5 Å². The number of benzene rings is 2. The SMILES string of the molecule is COc1ccc(Br)cc1CC(=O)c1ccc(F)cc1. The number of carbonyl (C=O) groups excluding carboxylic acids is 1. The molecule has 0 aliphatic carbocycles. The minimum absolute atomic E-state index is 0.0728. The van der Waals surface area contributed by atoms with Gasteiger partial charge in [-0.25, -0.2) is 4.39 Å². The topological polar surface area (TPSA) is 26.3 Å². The van der Waals surface area contributed by atoms with Crippen LogP contribution in [-0.4, -0.2) is 12.9 Å². The Morgan fingerprint density at radius 2 is 1.89 bits per heavy atom. The number of ether oxygens (including phenoxy) is 1. The quantitative estimate of drug-likeness (QED) is 0.795.